The lowest BCUT2D eigenvalue weighted by molar-refractivity contribution is -0.130. The van der Waals surface area contributed by atoms with E-state index in [9.17, 15) is 14.4 Å². The highest BCUT2D eigenvalue weighted by Gasteiger charge is 2.38. The number of hydrogen-bond donors (Lipinski definition) is 2. The van der Waals surface area contributed by atoms with Crippen LogP contribution in [0, 0.1) is 0 Å². The Labute approximate surface area is 137 Å². The number of nitrogens with one attached hydrogen (secondary N) is 2. The summed E-state index contributed by atoms with van der Waals surface area (Å²) >= 11 is 11.7. The monoisotopic (exact) mass is 343 g/mol. The molecule has 1 saturated heterocycles. The molecule has 0 aromatic heterocycles. The van der Waals surface area contributed by atoms with Crippen LogP contribution in [-0.4, -0.2) is 35.3 Å². The van der Waals surface area contributed by atoms with Gasteiger partial charge in [0.05, 0.1) is 10.7 Å². The molecule has 2 N–H and O–H groups in total. The number of amides is 4. The summed E-state index contributed by atoms with van der Waals surface area (Å²) in [5.74, 6) is -0.894. The highest BCUT2D eigenvalue weighted by molar-refractivity contribution is 6.36. The number of urea groups is 1. The molecular weight excluding hydrogens is 329 g/mol. The Kier molecular flexibility index (Phi) is 5.26. The molecule has 1 aromatic rings. The first-order valence-electron chi connectivity index (χ1n) is 6.79. The molecule has 1 aromatic carbocycles. The Morgan fingerprint density at radius 3 is 2.73 bits per heavy atom. The largest absolute Gasteiger partial charge is 0.326 e. The molecular formula is C14H15Cl2N3O3. The first kappa shape index (κ1) is 16.6. The maximum absolute atomic E-state index is 12.0. The van der Waals surface area contributed by atoms with Crippen LogP contribution in [0.4, 0.5) is 10.5 Å². The highest BCUT2D eigenvalue weighted by Crippen LogP contribution is 2.25. The summed E-state index contributed by atoms with van der Waals surface area (Å²) < 4.78 is 0. The van der Waals surface area contributed by atoms with E-state index >= 15 is 0 Å². The summed E-state index contributed by atoms with van der Waals surface area (Å²) in [7, 11) is 0. The molecule has 2 rings (SSSR count). The van der Waals surface area contributed by atoms with Crippen LogP contribution >= 0.6 is 23.2 Å². The molecule has 0 spiro atoms. The van der Waals surface area contributed by atoms with Gasteiger partial charge in [0, 0.05) is 5.02 Å². The summed E-state index contributed by atoms with van der Waals surface area (Å²) in [6.07, 6.45) is 1.31. The average molecular weight is 344 g/mol. The van der Waals surface area contributed by atoms with Crippen molar-refractivity contribution in [1.82, 2.24) is 10.2 Å². The Balaban J connectivity index is 2.00. The number of halogens is 2. The van der Waals surface area contributed by atoms with Gasteiger partial charge in [0.2, 0.25) is 5.91 Å². The lowest BCUT2D eigenvalue weighted by Crippen LogP contribution is -2.38. The van der Waals surface area contributed by atoms with E-state index in [0.717, 1.165) is 11.3 Å². The second kappa shape index (κ2) is 6.98. The van der Waals surface area contributed by atoms with Crippen molar-refractivity contribution in [2.75, 3.05) is 11.9 Å². The van der Waals surface area contributed by atoms with Gasteiger partial charge in [-0.05, 0) is 24.6 Å². The van der Waals surface area contributed by atoms with Crippen molar-refractivity contribution >= 4 is 46.7 Å². The molecule has 6 nitrogen and oxygen atoms in total. The van der Waals surface area contributed by atoms with Gasteiger partial charge in [-0.1, -0.05) is 36.5 Å². The van der Waals surface area contributed by atoms with Crippen LogP contribution in [0.15, 0.2) is 18.2 Å². The van der Waals surface area contributed by atoms with E-state index in [0.29, 0.717) is 17.1 Å². The van der Waals surface area contributed by atoms with E-state index < -0.39 is 18.0 Å². The zero-order chi connectivity index (χ0) is 16.3. The third-order valence-electron chi connectivity index (χ3n) is 3.19. The first-order valence-corrected chi connectivity index (χ1v) is 7.54. The van der Waals surface area contributed by atoms with Crippen LogP contribution in [0.3, 0.4) is 0 Å². The minimum absolute atomic E-state index is 0.280. The minimum atomic E-state index is -0.555. The Hall–Kier alpha value is -1.79. The molecule has 0 unspecified atom stereocenters. The topological polar surface area (TPSA) is 78.5 Å². The van der Waals surface area contributed by atoms with Gasteiger partial charge in [0.15, 0.2) is 0 Å². The smallest absolute Gasteiger partial charge is 0.325 e. The maximum Gasteiger partial charge on any atom is 0.325 e. The predicted molar refractivity (Wildman–Crippen MR) is 84.0 cm³/mol. The molecule has 22 heavy (non-hydrogen) atoms. The van der Waals surface area contributed by atoms with Gasteiger partial charge in [0.25, 0.3) is 5.91 Å². The SMILES string of the molecule is CCC[C@H]1NC(=O)N(CC(=O)Nc2ccc(Cl)cc2Cl)C1=O. The Morgan fingerprint density at radius 2 is 2.09 bits per heavy atom. The molecule has 118 valence electrons. The molecule has 1 heterocycles. The second-order valence-corrected chi connectivity index (χ2v) is 5.73. The second-order valence-electron chi connectivity index (χ2n) is 4.89. The third-order valence-corrected chi connectivity index (χ3v) is 3.74. The molecule has 8 heteroatoms. The van der Waals surface area contributed by atoms with Crippen LogP contribution in [0.1, 0.15) is 19.8 Å². The third kappa shape index (κ3) is 3.69. The summed E-state index contributed by atoms with van der Waals surface area (Å²) in [6.45, 7) is 1.56. The molecule has 1 aliphatic rings. The zero-order valence-electron chi connectivity index (χ0n) is 11.9. The van der Waals surface area contributed by atoms with E-state index in [1.807, 2.05) is 6.92 Å². The lowest BCUT2D eigenvalue weighted by atomic mass is 10.2. The molecule has 1 aliphatic heterocycles. The number of carbonyl (C=O) groups is 3. The van der Waals surface area contributed by atoms with Crippen LogP contribution in [0.2, 0.25) is 10.0 Å². The summed E-state index contributed by atoms with van der Waals surface area (Å²) in [5.41, 5.74) is 0.369. The van der Waals surface area contributed by atoms with Crippen LogP contribution < -0.4 is 10.6 Å². The summed E-state index contributed by atoms with van der Waals surface area (Å²) in [6, 6.07) is 3.51. The molecule has 0 aliphatic carbocycles. The molecule has 1 fully saturated rings. The van der Waals surface area contributed by atoms with Gasteiger partial charge >= 0.3 is 6.03 Å². The minimum Gasteiger partial charge on any atom is -0.326 e. The first-order chi connectivity index (χ1) is 10.4. The molecule has 0 bridgehead atoms. The zero-order valence-corrected chi connectivity index (χ0v) is 13.4. The van der Waals surface area contributed by atoms with Gasteiger partial charge in [-0.2, -0.15) is 0 Å². The van der Waals surface area contributed by atoms with Crippen LogP contribution in [0.25, 0.3) is 0 Å². The number of nitrogens with zero attached hydrogens (tertiary/aromatic N) is 1. The standard InChI is InChI=1S/C14H15Cl2N3O3/c1-2-3-11-13(21)19(14(22)18-11)7-12(20)17-10-5-4-8(15)6-9(10)16/h4-6,11H,2-3,7H2,1H3,(H,17,20)(H,18,22)/t11-/m1/s1. The Bertz CT molecular complexity index is 621. The number of carbonyl (C=O) groups excluding carboxylic acids is 3. The fourth-order valence-corrected chi connectivity index (χ4v) is 2.59. The van der Waals surface area contributed by atoms with Gasteiger partial charge in [0.1, 0.15) is 12.6 Å². The summed E-state index contributed by atoms with van der Waals surface area (Å²) in [5, 5.41) is 5.83. The molecule has 4 amide bonds. The van der Waals surface area contributed by atoms with Gasteiger partial charge < -0.3 is 10.6 Å². The summed E-state index contributed by atoms with van der Waals surface area (Å²) in [4.78, 5) is 36.7. The number of imide groups is 1. The fourth-order valence-electron chi connectivity index (χ4n) is 2.14. The van der Waals surface area contributed by atoms with Crippen molar-refractivity contribution in [2.45, 2.75) is 25.8 Å². The number of rotatable bonds is 5. The van der Waals surface area contributed by atoms with Crippen molar-refractivity contribution in [2.24, 2.45) is 0 Å². The van der Waals surface area contributed by atoms with E-state index in [-0.39, 0.29) is 17.5 Å². The maximum atomic E-state index is 12.0. The lowest BCUT2D eigenvalue weighted by Gasteiger charge is -2.13. The van der Waals surface area contributed by atoms with Gasteiger partial charge in [-0.25, -0.2) is 4.79 Å². The van der Waals surface area contributed by atoms with Gasteiger partial charge in [-0.3, -0.25) is 14.5 Å². The Morgan fingerprint density at radius 1 is 1.36 bits per heavy atom. The van der Waals surface area contributed by atoms with E-state index in [1.54, 1.807) is 12.1 Å². The fraction of sp³-hybridized carbons (Fsp3) is 0.357. The number of hydrogen-bond acceptors (Lipinski definition) is 3. The van der Waals surface area contributed by atoms with E-state index in [4.69, 9.17) is 23.2 Å². The number of benzene rings is 1. The van der Waals surface area contributed by atoms with Crippen LogP contribution in [-0.2, 0) is 9.59 Å². The van der Waals surface area contributed by atoms with E-state index in [1.165, 1.54) is 6.07 Å². The van der Waals surface area contributed by atoms with Crippen molar-refractivity contribution in [1.29, 1.82) is 0 Å². The van der Waals surface area contributed by atoms with Crippen molar-refractivity contribution in [3.63, 3.8) is 0 Å². The normalized spacial score (nSPS) is 17.6. The molecule has 0 saturated carbocycles. The van der Waals surface area contributed by atoms with Crippen LogP contribution in [0.5, 0.6) is 0 Å². The quantitative estimate of drug-likeness (QED) is 0.806. The van der Waals surface area contributed by atoms with Gasteiger partial charge in [-0.15, -0.1) is 0 Å². The highest BCUT2D eigenvalue weighted by atomic mass is 35.5. The van der Waals surface area contributed by atoms with Crippen molar-refractivity contribution in [3.05, 3.63) is 28.2 Å². The average Bonchev–Trinajstić information content (AvgIpc) is 2.70. The predicted octanol–water partition coefficient (Wildman–Crippen LogP) is 2.65. The van der Waals surface area contributed by atoms with Crippen molar-refractivity contribution in [3.8, 4) is 0 Å². The van der Waals surface area contributed by atoms with E-state index in [2.05, 4.69) is 10.6 Å². The molecule has 0 radical (unpaired) electrons. The molecule has 1 atom stereocenters. The number of anilines is 1. The van der Waals surface area contributed by atoms with Crippen molar-refractivity contribution < 1.29 is 14.4 Å².